The van der Waals surface area contributed by atoms with E-state index in [1.807, 2.05) is 22.4 Å². The molecule has 0 radical (unpaired) electrons. The summed E-state index contributed by atoms with van der Waals surface area (Å²) in [5, 5.41) is 1.93. The zero-order chi connectivity index (χ0) is 9.97. The fourth-order valence-corrected chi connectivity index (χ4v) is 2.44. The number of hydrogen-bond acceptors (Lipinski definition) is 3. The number of nitrogens with zero attached hydrogens (tertiary/aromatic N) is 1. The Morgan fingerprint density at radius 1 is 1.64 bits per heavy atom. The molecule has 4 heteroatoms. The molecule has 2 rings (SSSR count). The van der Waals surface area contributed by atoms with Crippen molar-refractivity contribution in [2.75, 3.05) is 13.1 Å². The maximum Gasteiger partial charge on any atom is 0.263 e. The van der Waals surface area contributed by atoms with Gasteiger partial charge in [0.15, 0.2) is 0 Å². The van der Waals surface area contributed by atoms with Gasteiger partial charge in [-0.15, -0.1) is 11.3 Å². The number of hydrogen-bond donors (Lipinski definition) is 1. The Bertz CT molecular complexity index is 310. The lowest BCUT2D eigenvalue weighted by molar-refractivity contribution is 0.0714. The van der Waals surface area contributed by atoms with Crippen LogP contribution in [0.5, 0.6) is 0 Å². The van der Waals surface area contributed by atoms with Crippen LogP contribution in [0.4, 0.5) is 0 Å². The van der Waals surface area contributed by atoms with Gasteiger partial charge in [-0.1, -0.05) is 6.07 Å². The first-order chi connectivity index (χ1) is 6.77. The molecule has 1 fully saturated rings. The van der Waals surface area contributed by atoms with Crippen LogP contribution in [0.3, 0.4) is 0 Å². The van der Waals surface area contributed by atoms with E-state index in [0.717, 1.165) is 24.3 Å². The Balaban J connectivity index is 2.04. The van der Waals surface area contributed by atoms with Gasteiger partial charge in [-0.25, -0.2) is 0 Å². The van der Waals surface area contributed by atoms with E-state index in [1.165, 1.54) is 11.3 Å². The molecular formula is C10H14N2OS. The minimum absolute atomic E-state index is 0.134. The molecule has 1 aliphatic heterocycles. The summed E-state index contributed by atoms with van der Waals surface area (Å²) >= 11 is 1.49. The average Bonchev–Trinajstić information content (AvgIpc) is 2.69. The lowest BCUT2D eigenvalue weighted by Crippen LogP contribution is -2.45. The van der Waals surface area contributed by atoms with E-state index in [2.05, 4.69) is 0 Å². The summed E-state index contributed by atoms with van der Waals surface area (Å²) < 4.78 is 0. The van der Waals surface area contributed by atoms with Crippen molar-refractivity contribution >= 4 is 17.2 Å². The predicted octanol–water partition coefficient (Wildman–Crippen LogP) is 1.31. The Hall–Kier alpha value is -0.870. The molecule has 1 aromatic rings. The quantitative estimate of drug-likeness (QED) is 0.759. The summed E-state index contributed by atoms with van der Waals surface area (Å²) in [7, 11) is 0. The molecule has 14 heavy (non-hydrogen) atoms. The molecule has 1 amide bonds. The normalized spacial score (nSPS) is 22.4. The maximum absolute atomic E-state index is 11.9. The third kappa shape index (κ3) is 1.96. The fraction of sp³-hybridized carbons (Fsp3) is 0.500. The van der Waals surface area contributed by atoms with Gasteiger partial charge in [-0.05, 0) is 24.3 Å². The fourth-order valence-electron chi connectivity index (χ4n) is 1.75. The largest absolute Gasteiger partial charge is 0.336 e. The van der Waals surface area contributed by atoms with Crippen molar-refractivity contribution in [2.24, 2.45) is 5.73 Å². The van der Waals surface area contributed by atoms with Crippen molar-refractivity contribution in [3.63, 3.8) is 0 Å². The van der Waals surface area contributed by atoms with E-state index < -0.39 is 0 Å². The Kier molecular flexibility index (Phi) is 2.84. The summed E-state index contributed by atoms with van der Waals surface area (Å²) in [5.74, 6) is 0.134. The monoisotopic (exact) mass is 210 g/mol. The lowest BCUT2D eigenvalue weighted by atomic mass is 10.1. The highest BCUT2D eigenvalue weighted by Crippen LogP contribution is 2.15. The van der Waals surface area contributed by atoms with E-state index in [0.29, 0.717) is 6.54 Å². The van der Waals surface area contributed by atoms with E-state index in [1.54, 1.807) is 0 Å². The maximum atomic E-state index is 11.9. The SMILES string of the molecule is N[C@H]1CCCN(C(=O)c2cccs2)C1. The van der Waals surface area contributed by atoms with Crippen LogP contribution < -0.4 is 5.73 Å². The van der Waals surface area contributed by atoms with Crippen LogP contribution in [0, 0.1) is 0 Å². The first-order valence-electron chi connectivity index (χ1n) is 4.86. The highest BCUT2D eigenvalue weighted by atomic mass is 32.1. The smallest absolute Gasteiger partial charge is 0.263 e. The number of nitrogens with two attached hydrogens (primary N) is 1. The van der Waals surface area contributed by atoms with Gasteiger partial charge >= 0.3 is 0 Å². The number of amides is 1. The van der Waals surface area contributed by atoms with Crippen LogP contribution in [0.15, 0.2) is 17.5 Å². The van der Waals surface area contributed by atoms with Crippen LogP contribution >= 0.6 is 11.3 Å². The molecule has 0 spiro atoms. The molecule has 3 nitrogen and oxygen atoms in total. The molecule has 0 aromatic carbocycles. The molecular weight excluding hydrogens is 196 g/mol. The number of piperidine rings is 1. The van der Waals surface area contributed by atoms with Crippen molar-refractivity contribution in [1.29, 1.82) is 0 Å². The number of rotatable bonds is 1. The summed E-state index contributed by atoms with van der Waals surface area (Å²) in [4.78, 5) is 14.6. The molecule has 1 aliphatic rings. The van der Waals surface area contributed by atoms with Crippen LogP contribution in [0.1, 0.15) is 22.5 Å². The molecule has 1 aromatic heterocycles. The third-order valence-corrected chi connectivity index (χ3v) is 3.33. The molecule has 2 N–H and O–H groups in total. The summed E-state index contributed by atoms with van der Waals surface area (Å²) in [6.45, 7) is 1.56. The van der Waals surface area contributed by atoms with Gasteiger partial charge in [0.25, 0.3) is 5.91 Å². The molecule has 0 bridgehead atoms. The van der Waals surface area contributed by atoms with Crippen molar-refractivity contribution in [2.45, 2.75) is 18.9 Å². The molecule has 1 saturated heterocycles. The van der Waals surface area contributed by atoms with Gasteiger partial charge in [0.1, 0.15) is 0 Å². The highest BCUT2D eigenvalue weighted by Gasteiger charge is 2.22. The predicted molar refractivity (Wildman–Crippen MR) is 57.4 cm³/mol. The highest BCUT2D eigenvalue weighted by molar-refractivity contribution is 7.12. The van der Waals surface area contributed by atoms with E-state index >= 15 is 0 Å². The second-order valence-electron chi connectivity index (χ2n) is 3.63. The van der Waals surface area contributed by atoms with Crippen molar-refractivity contribution < 1.29 is 4.79 Å². The van der Waals surface area contributed by atoms with Crippen LogP contribution in [0.25, 0.3) is 0 Å². The van der Waals surface area contributed by atoms with Gasteiger partial charge in [0.2, 0.25) is 0 Å². The van der Waals surface area contributed by atoms with E-state index in [9.17, 15) is 4.79 Å². The zero-order valence-electron chi connectivity index (χ0n) is 7.98. The van der Waals surface area contributed by atoms with Gasteiger partial charge in [0.05, 0.1) is 4.88 Å². The number of carbonyl (C=O) groups is 1. The molecule has 0 aliphatic carbocycles. The van der Waals surface area contributed by atoms with Gasteiger partial charge in [0, 0.05) is 19.1 Å². The second kappa shape index (κ2) is 4.11. The minimum Gasteiger partial charge on any atom is -0.336 e. The first kappa shape index (κ1) is 9.68. The van der Waals surface area contributed by atoms with Crippen LogP contribution in [-0.2, 0) is 0 Å². The summed E-state index contributed by atoms with van der Waals surface area (Å²) in [6.07, 6.45) is 2.06. The van der Waals surface area contributed by atoms with Gasteiger partial charge in [-0.2, -0.15) is 0 Å². The minimum atomic E-state index is 0.134. The molecule has 0 saturated carbocycles. The van der Waals surface area contributed by atoms with E-state index in [4.69, 9.17) is 5.73 Å². The topological polar surface area (TPSA) is 46.3 Å². The number of thiophene rings is 1. The lowest BCUT2D eigenvalue weighted by Gasteiger charge is -2.30. The van der Waals surface area contributed by atoms with Crippen molar-refractivity contribution in [1.82, 2.24) is 4.90 Å². The van der Waals surface area contributed by atoms with Gasteiger partial charge < -0.3 is 10.6 Å². The standard InChI is InChI=1S/C10H14N2OS/c11-8-3-1-5-12(7-8)10(13)9-4-2-6-14-9/h2,4,6,8H,1,3,5,7,11H2/t8-/m0/s1. The van der Waals surface area contributed by atoms with Crippen LogP contribution in [-0.4, -0.2) is 29.9 Å². The molecule has 76 valence electrons. The third-order valence-electron chi connectivity index (χ3n) is 2.48. The summed E-state index contributed by atoms with van der Waals surface area (Å²) in [5.41, 5.74) is 5.83. The molecule has 0 unspecified atom stereocenters. The number of carbonyl (C=O) groups excluding carboxylic acids is 1. The van der Waals surface area contributed by atoms with Crippen LogP contribution in [0.2, 0.25) is 0 Å². The Labute approximate surface area is 87.5 Å². The Morgan fingerprint density at radius 2 is 2.50 bits per heavy atom. The molecule has 1 atom stereocenters. The average molecular weight is 210 g/mol. The van der Waals surface area contributed by atoms with E-state index in [-0.39, 0.29) is 11.9 Å². The number of likely N-dealkylation sites (tertiary alicyclic amines) is 1. The summed E-state index contributed by atoms with van der Waals surface area (Å²) in [6, 6.07) is 3.93. The zero-order valence-corrected chi connectivity index (χ0v) is 8.80. The first-order valence-corrected chi connectivity index (χ1v) is 5.73. The van der Waals surface area contributed by atoms with Crippen molar-refractivity contribution in [3.8, 4) is 0 Å². The van der Waals surface area contributed by atoms with Crippen molar-refractivity contribution in [3.05, 3.63) is 22.4 Å². The second-order valence-corrected chi connectivity index (χ2v) is 4.58. The molecule has 2 heterocycles. The van der Waals surface area contributed by atoms with Gasteiger partial charge in [-0.3, -0.25) is 4.79 Å². The Morgan fingerprint density at radius 3 is 3.14 bits per heavy atom.